The normalized spacial score (nSPS) is 12.3. The van der Waals surface area contributed by atoms with Crippen LogP contribution in [-0.2, 0) is 6.42 Å². The number of hydrogen-bond donors (Lipinski definition) is 1. The van der Waals surface area contributed by atoms with Crippen molar-refractivity contribution in [1.29, 1.82) is 0 Å². The molecule has 1 rings (SSSR count). The van der Waals surface area contributed by atoms with E-state index in [1.165, 1.54) is 0 Å². The molecule has 0 spiro atoms. The average Bonchev–Trinajstić information content (AvgIpc) is 2.40. The Kier molecular flexibility index (Phi) is 6.60. The Balaban J connectivity index is 3.01. The molecule has 4 nitrogen and oxygen atoms in total. The predicted octanol–water partition coefficient (Wildman–Crippen LogP) is 3.74. The van der Waals surface area contributed by atoms with Crippen LogP contribution < -0.4 is 10.1 Å². The molecule has 1 atom stereocenters. The number of aryl methyl sites for hydroxylation is 1. The highest BCUT2D eigenvalue weighted by Gasteiger charge is 2.13. The van der Waals surface area contributed by atoms with Crippen LogP contribution >= 0.6 is 0 Å². The molecular formula is C15H27N3O. The van der Waals surface area contributed by atoms with Gasteiger partial charge in [-0.3, -0.25) is 0 Å². The molecule has 0 aliphatic carbocycles. The summed E-state index contributed by atoms with van der Waals surface area (Å²) in [4.78, 5) is 9.14. The van der Waals surface area contributed by atoms with Gasteiger partial charge in [-0.05, 0) is 33.1 Å². The maximum absolute atomic E-state index is 5.91. The first kappa shape index (κ1) is 15.7. The molecule has 4 heteroatoms. The smallest absolute Gasteiger partial charge is 0.222 e. The number of nitrogens with one attached hydrogen (secondary N) is 1. The Morgan fingerprint density at radius 2 is 1.89 bits per heavy atom. The van der Waals surface area contributed by atoms with Crippen LogP contribution in [0.2, 0.25) is 0 Å². The van der Waals surface area contributed by atoms with Gasteiger partial charge in [0, 0.05) is 13.0 Å². The van der Waals surface area contributed by atoms with E-state index in [4.69, 9.17) is 4.74 Å². The van der Waals surface area contributed by atoms with Crippen LogP contribution in [0.25, 0.3) is 0 Å². The Labute approximate surface area is 117 Å². The molecule has 19 heavy (non-hydrogen) atoms. The number of aromatic nitrogens is 2. The second-order valence-electron chi connectivity index (χ2n) is 4.93. The van der Waals surface area contributed by atoms with Crippen molar-refractivity contribution in [3.8, 4) is 5.88 Å². The second-order valence-corrected chi connectivity index (χ2v) is 4.93. The third-order valence-electron chi connectivity index (χ3n) is 3.05. The molecule has 1 heterocycles. The maximum Gasteiger partial charge on any atom is 0.222 e. The van der Waals surface area contributed by atoms with Gasteiger partial charge in [0.15, 0.2) is 0 Å². The zero-order valence-electron chi connectivity index (χ0n) is 12.9. The highest BCUT2D eigenvalue weighted by molar-refractivity contribution is 5.48. The first-order chi connectivity index (χ1) is 9.12. The summed E-state index contributed by atoms with van der Waals surface area (Å²) in [5.41, 5.74) is 1.01. The molecule has 108 valence electrons. The van der Waals surface area contributed by atoms with Gasteiger partial charge in [-0.25, -0.2) is 4.98 Å². The molecule has 1 aromatic rings. The fourth-order valence-electron chi connectivity index (χ4n) is 1.68. The third-order valence-corrected chi connectivity index (χ3v) is 3.05. The minimum atomic E-state index is 0.183. The first-order valence-electron chi connectivity index (χ1n) is 7.40. The largest absolute Gasteiger partial charge is 0.474 e. The molecule has 0 aliphatic heterocycles. The zero-order chi connectivity index (χ0) is 14.3. The van der Waals surface area contributed by atoms with Gasteiger partial charge in [0.2, 0.25) is 5.88 Å². The minimum Gasteiger partial charge on any atom is -0.474 e. The number of nitrogens with zero attached hydrogens (tertiary/aromatic N) is 2. The van der Waals surface area contributed by atoms with E-state index in [9.17, 15) is 0 Å². The van der Waals surface area contributed by atoms with Gasteiger partial charge in [-0.2, -0.15) is 4.98 Å². The van der Waals surface area contributed by atoms with Gasteiger partial charge >= 0.3 is 0 Å². The highest BCUT2D eigenvalue weighted by atomic mass is 16.5. The summed E-state index contributed by atoms with van der Waals surface area (Å²) in [6, 6.07) is 0. The molecule has 0 aromatic carbocycles. The maximum atomic E-state index is 5.91. The van der Waals surface area contributed by atoms with Crippen molar-refractivity contribution < 1.29 is 4.74 Å². The van der Waals surface area contributed by atoms with Crippen molar-refractivity contribution in [2.75, 3.05) is 11.9 Å². The van der Waals surface area contributed by atoms with E-state index in [1.54, 1.807) is 0 Å². The molecule has 0 saturated heterocycles. The minimum absolute atomic E-state index is 0.183. The van der Waals surface area contributed by atoms with E-state index in [-0.39, 0.29) is 6.10 Å². The molecule has 0 bridgehead atoms. The summed E-state index contributed by atoms with van der Waals surface area (Å²) < 4.78 is 5.91. The zero-order valence-corrected chi connectivity index (χ0v) is 12.9. The molecule has 1 N–H and O–H groups in total. The summed E-state index contributed by atoms with van der Waals surface area (Å²) >= 11 is 0. The molecular weight excluding hydrogens is 238 g/mol. The lowest BCUT2D eigenvalue weighted by atomic mass is 10.2. The molecule has 0 radical (unpaired) electrons. The lowest BCUT2D eigenvalue weighted by Crippen LogP contribution is -2.15. The summed E-state index contributed by atoms with van der Waals surface area (Å²) in [6.07, 6.45) is 4.16. The van der Waals surface area contributed by atoms with E-state index in [0.29, 0.717) is 0 Å². The summed E-state index contributed by atoms with van der Waals surface area (Å²) in [5, 5.41) is 3.36. The quantitative estimate of drug-likeness (QED) is 0.778. The van der Waals surface area contributed by atoms with Crippen molar-refractivity contribution >= 4 is 5.82 Å². The Hall–Kier alpha value is -1.32. The third kappa shape index (κ3) is 4.69. The monoisotopic (exact) mass is 265 g/mol. The SMILES string of the molecule is CCCNc1nc(CCC)nc(OC(C)CC)c1C. The Bertz CT molecular complexity index is 393. The Morgan fingerprint density at radius 1 is 1.16 bits per heavy atom. The predicted molar refractivity (Wildman–Crippen MR) is 79.9 cm³/mol. The fraction of sp³-hybridized carbons (Fsp3) is 0.733. The average molecular weight is 265 g/mol. The molecule has 0 fully saturated rings. The summed E-state index contributed by atoms with van der Waals surface area (Å²) in [7, 11) is 0. The second kappa shape index (κ2) is 7.97. The Morgan fingerprint density at radius 3 is 2.47 bits per heavy atom. The summed E-state index contributed by atoms with van der Waals surface area (Å²) in [5.74, 6) is 2.51. The van der Waals surface area contributed by atoms with E-state index in [1.807, 2.05) is 6.92 Å². The van der Waals surface area contributed by atoms with Crippen molar-refractivity contribution in [1.82, 2.24) is 9.97 Å². The lowest BCUT2D eigenvalue weighted by molar-refractivity contribution is 0.206. The topological polar surface area (TPSA) is 47.0 Å². The summed E-state index contributed by atoms with van der Waals surface area (Å²) in [6.45, 7) is 11.4. The standard InChI is InChI=1S/C15H27N3O/c1-6-9-13-17-14(16-10-7-2)12(5)15(18-13)19-11(4)8-3/h11H,6-10H2,1-5H3,(H,16,17,18). The first-order valence-corrected chi connectivity index (χ1v) is 7.40. The van der Waals surface area contributed by atoms with Crippen molar-refractivity contribution in [3.63, 3.8) is 0 Å². The van der Waals surface area contributed by atoms with E-state index in [2.05, 4.69) is 43.0 Å². The van der Waals surface area contributed by atoms with Crippen LogP contribution in [0.3, 0.4) is 0 Å². The van der Waals surface area contributed by atoms with Gasteiger partial charge in [0.05, 0.1) is 11.7 Å². The van der Waals surface area contributed by atoms with Crippen molar-refractivity contribution in [2.45, 2.75) is 66.4 Å². The van der Waals surface area contributed by atoms with Crippen LogP contribution in [0.5, 0.6) is 5.88 Å². The van der Waals surface area contributed by atoms with E-state index >= 15 is 0 Å². The number of rotatable bonds is 8. The van der Waals surface area contributed by atoms with Crippen molar-refractivity contribution in [3.05, 3.63) is 11.4 Å². The van der Waals surface area contributed by atoms with Crippen LogP contribution in [0.4, 0.5) is 5.82 Å². The lowest BCUT2D eigenvalue weighted by Gasteiger charge is -2.17. The molecule has 0 amide bonds. The van der Waals surface area contributed by atoms with Gasteiger partial charge in [0.1, 0.15) is 11.6 Å². The van der Waals surface area contributed by atoms with Crippen LogP contribution in [0.1, 0.15) is 58.3 Å². The fourth-order valence-corrected chi connectivity index (χ4v) is 1.68. The van der Waals surface area contributed by atoms with Crippen molar-refractivity contribution in [2.24, 2.45) is 0 Å². The molecule has 0 saturated carbocycles. The van der Waals surface area contributed by atoms with Gasteiger partial charge < -0.3 is 10.1 Å². The number of ether oxygens (including phenoxy) is 1. The highest BCUT2D eigenvalue weighted by Crippen LogP contribution is 2.24. The molecule has 1 aromatic heterocycles. The van der Waals surface area contributed by atoms with Crippen LogP contribution in [0, 0.1) is 6.92 Å². The number of hydrogen-bond acceptors (Lipinski definition) is 4. The van der Waals surface area contributed by atoms with Gasteiger partial charge in [-0.15, -0.1) is 0 Å². The van der Waals surface area contributed by atoms with E-state index < -0.39 is 0 Å². The van der Waals surface area contributed by atoms with Crippen LogP contribution in [-0.4, -0.2) is 22.6 Å². The number of anilines is 1. The van der Waals surface area contributed by atoms with Crippen LogP contribution in [0.15, 0.2) is 0 Å². The van der Waals surface area contributed by atoms with Gasteiger partial charge in [0.25, 0.3) is 0 Å². The van der Waals surface area contributed by atoms with E-state index in [0.717, 1.165) is 55.3 Å². The molecule has 1 unspecified atom stereocenters. The van der Waals surface area contributed by atoms with Gasteiger partial charge in [-0.1, -0.05) is 20.8 Å². The molecule has 0 aliphatic rings.